The van der Waals surface area contributed by atoms with Crippen LogP contribution < -0.4 is 20.7 Å². The molecule has 12 heteroatoms. The van der Waals surface area contributed by atoms with Crippen molar-refractivity contribution in [1.29, 1.82) is 0 Å². The lowest BCUT2D eigenvalue weighted by Gasteiger charge is -2.15. The molecule has 4 N–H and O–H groups in total. The number of thiazole rings is 1. The second-order valence-electron chi connectivity index (χ2n) is 7.03. The summed E-state index contributed by atoms with van der Waals surface area (Å²) in [6.45, 7) is 4.69. The van der Waals surface area contributed by atoms with E-state index in [1.54, 1.807) is 18.2 Å². The van der Waals surface area contributed by atoms with E-state index in [1.165, 1.54) is 22.2 Å². The van der Waals surface area contributed by atoms with Crippen molar-refractivity contribution in [1.82, 2.24) is 10.3 Å². The Balaban J connectivity index is 1.71. The molecular weight excluding hydrogens is 492 g/mol. The maximum Gasteiger partial charge on any atom is 0.266 e. The number of rotatable bonds is 12. The first-order chi connectivity index (χ1) is 15.8. The summed E-state index contributed by atoms with van der Waals surface area (Å²) >= 11 is 7.27. The summed E-state index contributed by atoms with van der Waals surface area (Å²) in [5.74, 6) is -1.95. The summed E-state index contributed by atoms with van der Waals surface area (Å²) in [6, 6.07) is 6.73. The molecule has 7 nitrogen and oxygen atoms in total. The standard InChI is InChI=1S/C21H24ClF2N5O2S2/c1-2-25-6-3-7-26-18-8-15(22)5-4-14(18)11-27-19-9-17(24)20(10-16(19)23)33(30,31)29-21-12-32-13-28-21/h4-5,8-10,12-13,25-27,29H,2-3,6-7,11H2,1H3. The molecule has 33 heavy (non-hydrogen) atoms. The van der Waals surface area contributed by atoms with Crippen molar-refractivity contribution >= 4 is 50.2 Å². The van der Waals surface area contributed by atoms with Crippen LogP contribution in [0.25, 0.3) is 0 Å². The first-order valence-electron chi connectivity index (χ1n) is 10.2. The van der Waals surface area contributed by atoms with Crippen LogP contribution in [0.5, 0.6) is 0 Å². The fourth-order valence-corrected chi connectivity index (χ4v) is 4.80. The molecule has 0 amide bonds. The Kier molecular flexibility index (Phi) is 8.84. The van der Waals surface area contributed by atoms with Crippen LogP contribution in [0.4, 0.5) is 26.0 Å². The van der Waals surface area contributed by atoms with Crippen molar-refractivity contribution in [2.45, 2.75) is 24.8 Å². The zero-order valence-corrected chi connectivity index (χ0v) is 20.2. The van der Waals surface area contributed by atoms with E-state index in [1.807, 2.05) is 6.92 Å². The molecule has 0 atom stereocenters. The summed E-state index contributed by atoms with van der Waals surface area (Å²) in [6.07, 6.45) is 0.901. The molecule has 0 spiro atoms. The number of benzene rings is 2. The van der Waals surface area contributed by atoms with Crippen LogP contribution in [-0.2, 0) is 16.6 Å². The van der Waals surface area contributed by atoms with Gasteiger partial charge >= 0.3 is 0 Å². The highest BCUT2D eigenvalue weighted by Gasteiger charge is 2.23. The molecule has 2 aromatic carbocycles. The Labute approximate surface area is 200 Å². The summed E-state index contributed by atoms with van der Waals surface area (Å²) in [7, 11) is -4.33. The lowest BCUT2D eigenvalue weighted by molar-refractivity contribution is 0.557. The molecule has 1 heterocycles. The first-order valence-corrected chi connectivity index (χ1v) is 13.0. The van der Waals surface area contributed by atoms with Gasteiger partial charge < -0.3 is 16.0 Å². The Bertz CT molecular complexity index is 1180. The lowest BCUT2D eigenvalue weighted by atomic mass is 10.1. The SMILES string of the molecule is CCNCCCNc1cc(Cl)ccc1CNc1cc(F)c(S(=O)(=O)Nc2cscn2)cc1F. The first kappa shape index (κ1) is 25.2. The van der Waals surface area contributed by atoms with Crippen molar-refractivity contribution in [3.8, 4) is 0 Å². The van der Waals surface area contributed by atoms with E-state index < -0.39 is 26.6 Å². The van der Waals surface area contributed by atoms with E-state index in [9.17, 15) is 17.2 Å². The maximum atomic E-state index is 14.6. The molecule has 0 fully saturated rings. The van der Waals surface area contributed by atoms with Gasteiger partial charge in [-0.15, -0.1) is 11.3 Å². The van der Waals surface area contributed by atoms with Crippen LogP contribution in [0.2, 0.25) is 5.02 Å². The third-order valence-electron chi connectivity index (χ3n) is 4.62. The fourth-order valence-electron chi connectivity index (χ4n) is 3.00. The number of sulfonamides is 1. The predicted molar refractivity (Wildman–Crippen MR) is 130 cm³/mol. The molecule has 0 aliphatic carbocycles. The average Bonchev–Trinajstić information content (AvgIpc) is 3.27. The van der Waals surface area contributed by atoms with Crippen molar-refractivity contribution in [3.05, 3.63) is 63.4 Å². The number of aromatic nitrogens is 1. The highest BCUT2D eigenvalue weighted by molar-refractivity contribution is 7.92. The number of halogens is 3. The quantitative estimate of drug-likeness (QED) is 0.256. The minimum Gasteiger partial charge on any atom is -0.385 e. The number of hydrogen-bond acceptors (Lipinski definition) is 7. The molecule has 0 aliphatic heterocycles. The van der Waals surface area contributed by atoms with E-state index in [0.717, 1.165) is 36.8 Å². The van der Waals surface area contributed by atoms with Gasteiger partial charge in [-0.3, -0.25) is 4.72 Å². The molecule has 0 radical (unpaired) electrons. The smallest absolute Gasteiger partial charge is 0.266 e. The molecule has 0 unspecified atom stereocenters. The Morgan fingerprint density at radius 2 is 1.88 bits per heavy atom. The molecule has 178 valence electrons. The Morgan fingerprint density at radius 3 is 2.61 bits per heavy atom. The second kappa shape index (κ2) is 11.6. The maximum absolute atomic E-state index is 14.6. The van der Waals surface area contributed by atoms with Gasteiger partial charge in [0.25, 0.3) is 10.0 Å². The zero-order chi connectivity index (χ0) is 23.8. The van der Waals surface area contributed by atoms with Crippen LogP contribution in [0.3, 0.4) is 0 Å². The Hall–Kier alpha value is -2.47. The van der Waals surface area contributed by atoms with E-state index in [-0.39, 0.29) is 18.1 Å². The third kappa shape index (κ3) is 7.00. The van der Waals surface area contributed by atoms with Crippen molar-refractivity contribution < 1.29 is 17.2 Å². The van der Waals surface area contributed by atoms with Crippen LogP contribution in [0, 0.1) is 11.6 Å². The van der Waals surface area contributed by atoms with Crippen molar-refractivity contribution in [3.63, 3.8) is 0 Å². The highest BCUT2D eigenvalue weighted by Crippen LogP contribution is 2.27. The monoisotopic (exact) mass is 515 g/mol. The van der Waals surface area contributed by atoms with E-state index in [2.05, 4.69) is 25.7 Å². The molecule has 3 rings (SSSR count). The van der Waals surface area contributed by atoms with Gasteiger partial charge in [0.1, 0.15) is 16.5 Å². The molecule has 0 bridgehead atoms. The summed E-state index contributed by atoms with van der Waals surface area (Å²) in [4.78, 5) is 2.99. The number of nitrogens with zero attached hydrogens (tertiary/aromatic N) is 1. The number of hydrogen-bond donors (Lipinski definition) is 4. The molecule has 0 saturated heterocycles. The van der Waals surface area contributed by atoms with Crippen molar-refractivity contribution in [2.75, 3.05) is 35.0 Å². The largest absolute Gasteiger partial charge is 0.385 e. The van der Waals surface area contributed by atoms with Crippen molar-refractivity contribution in [2.24, 2.45) is 0 Å². The Morgan fingerprint density at radius 1 is 1.06 bits per heavy atom. The molecule has 3 aromatic rings. The minimum atomic E-state index is -4.33. The van der Waals surface area contributed by atoms with Gasteiger partial charge in [-0.05, 0) is 43.3 Å². The minimum absolute atomic E-state index is 0.0373. The van der Waals surface area contributed by atoms with Crippen LogP contribution >= 0.6 is 22.9 Å². The van der Waals surface area contributed by atoms with Gasteiger partial charge in [0.05, 0.1) is 11.2 Å². The van der Waals surface area contributed by atoms with E-state index >= 15 is 0 Å². The third-order valence-corrected chi connectivity index (χ3v) is 6.81. The molecule has 0 aliphatic rings. The van der Waals surface area contributed by atoms with E-state index in [4.69, 9.17) is 11.6 Å². The van der Waals surface area contributed by atoms with Crippen LogP contribution in [0.15, 0.2) is 46.1 Å². The summed E-state index contributed by atoms with van der Waals surface area (Å²) < 4.78 is 56.2. The lowest BCUT2D eigenvalue weighted by Crippen LogP contribution is -2.17. The second-order valence-corrected chi connectivity index (χ2v) is 9.84. The number of anilines is 3. The zero-order valence-electron chi connectivity index (χ0n) is 17.8. The summed E-state index contributed by atoms with van der Waals surface area (Å²) in [5, 5.41) is 11.4. The van der Waals surface area contributed by atoms with Crippen LogP contribution in [-0.4, -0.2) is 33.0 Å². The fraction of sp³-hybridized carbons (Fsp3) is 0.286. The molecule has 0 saturated carbocycles. The van der Waals surface area contributed by atoms with Gasteiger partial charge in [-0.1, -0.05) is 24.6 Å². The van der Waals surface area contributed by atoms with E-state index in [0.29, 0.717) is 17.6 Å². The highest BCUT2D eigenvalue weighted by atomic mass is 35.5. The van der Waals surface area contributed by atoms with Gasteiger partial charge in [0, 0.05) is 35.2 Å². The molecular formula is C21H24ClF2N5O2S2. The van der Waals surface area contributed by atoms with Gasteiger partial charge in [-0.25, -0.2) is 22.2 Å². The van der Waals surface area contributed by atoms with Gasteiger partial charge in [-0.2, -0.15) is 0 Å². The average molecular weight is 516 g/mol. The summed E-state index contributed by atoms with van der Waals surface area (Å²) in [5.41, 5.74) is 2.83. The molecule has 1 aromatic heterocycles. The van der Waals surface area contributed by atoms with Crippen LogP contribution in [0.1, 0.15) is 18.9 Å². The predicted octanol–water partition coefficient (Wildman–Crippen LogP) is 4.90. The number of nitrogens with one attached hydrogen (secondary N) is 4. The van der Waals surface area contributed by atoms with Gasteiger partial charge in [0.2, 0.25) is 0 Å². The van der Waals surface area contributed by atoms with Gasteiger partial charge in [0.15, 0.2) is 5.82 Å². The topological polar surface area (TPSA) is 95.1 Å². The normalized spacial score (nSPS) is 11.4.